The summed E-state index contributed by atoms with van der Waals surface area (Å²) in [6.45, 7) is 2.18. The van der Waals surface area contributed by atoms with E-state index in [1.807, 2.05) is 0 Å². The second-order valence-electron chi connectivity index (χ2n) is 7.01. The minimum atomic E-state index is -0.895. The zero-order chi connectivity index (χ0) is 15.2. The Hall–Kier alpha value is -1.39. The van der Waals surface area contributed by atoms with Crippen LogP contribution in [0.3, 0.4) is 0 Å². The van der Waals surface area contributed by atoms with Gasteiger partial charge < -0.3 is 5.11 Å². The average Bonchev–Trinajstić information content (AvgIpc) is 3.14. The van der Waals surface area contributed by atoms with Crippen molar-refractivity contribution < 1.29 is 19.5 Å². The summed E-state index contributed by atoms with van der Waals surface area (Å²) in [7, 11) is 0. The zero-order valence-corrected chi connectivity index (χ0v) is 12.5. The molecule has 2 atom stereocenters. The van der Waals surface area contributed by atoms with E-state index < -0.39 is 11.4 Å². The maximum absolute atomic E-state index is 12.5. The SMILES string of the molecule is CCC1CC2C(=O)N(CC3(C(=O)O)CCCC3)C(=O)C2C1. The summed E-state index contributed by atoms with van der Waals surface area (Å²) in [6, 6.07) is 0. The highest BCUT2D eigenvalue weighted by Gasteiger charge is 2.55. The first-order valence-corrected chi connectivity index (χ1v) is 8.07. The van der Waals surface area contributed by atoms with Crippen LogP contribution in [0.2, 0.25) is 0 Å². The Bertz CT molecular complexity index is 457. The Morgan fingerprint density at radius 1 is 1.19 bits per heavy atom. The number of carbonyl (C=O) groups excluding carboxylic acids is 2. The van der Waals surface area contributed by atoms with E-state index in [4.69, 9.17) is 0 Å². The van der Waals surface area contributed by atoms with Crippen LogP contribution < -0.4 is 0 Å². The van der Waals surface area contributed by atoms with Crippen molar-refractivity contribution >= 4 is 17.8 Å². The van der Waals surface area contributed by atoms with Crippen LogP contribution in [0.15, 0.2) is 0 Å². The van der Waals surface area contributed by atoms with Gasteiger partial charge in [0.15, 0.2) is 0 Å². The van der Waals surface area contributed by atoms with Crippen LogP contribution in [-0.2, 0) is 14.4 Å². The Balaban J connectivity index is 1.77. The molecular formula is C16H23NO4. The van der Waals surface area contributed by atoms with Crippen molar-refractivity contribution in [2.24, 2.45) is 23.2 Å². The fraction of sp³-hybridized carbons (Fsp3) is 0.812. The lowest BCUT2D eigenvalue weighted by Gasteiger charge is -2.29. The van der Waals surface area contributed by atoms with Crippen LogP contribution in [0.1, 0.15) is 51.9 Å². The van der Waals surface area contributed by atoms with Crippen molar-refractivity contribution in [3.8, 4) is 0 Å². The van der Waals surface area contributed by atoms with Crippen molar-refractivity contribution in [2.45, 2.75) is 51.9 Å². The van der Waals surface area contributed by atoms with E-state index in [1.165, 1.54) is 4.90 Å². The number of hydrogen-bond donors (Lipinski definition) is 1. The molecule has 116 valence electrons. The van der Waals surface area contributed by atoms with E-state index in [0.717, 1.165) is 32.1 Å². The molecule has 2 aliphatic carbocycles. The lowest BCUT2D eigenvalue weighted by atomic mass is 9.85. The molecule has 0 spiro atoms. The van der Waals surface area contributed by atoms with Crippen LogP contribution in [-0.4, -0.2) is 34.3 Å². The second kappa shape index (κ2) is 5.11. The number of fused-ring (bicyclic) bond motifs is 1. The molecule has 0 aromatic carbocycles. The Labute approximate surface area is 124 Å². The molecule has 21 heavy (non-hydrogen) atoms. The van der Waals surface area contributed by atoms with E-state index in [2.05, 4.69) is 6.92 Å². The lowest BCUT2D eigenvalue weighted by Crippen LogP contribution is -2.45. The molecule has 5 heteroatoms. The third-order valence-corrected chi connectivity index (χ3v) is 5.88. The molecule has 2 amide bonds. The van der Waals surface area contributed by atoms with Gasteiger partial charge in [0.25, 0.3) is 0 Å². The molecule has 2 saturated carbocycles. The molecule has 3 fully saturated rings. The summed E-state index contributed by atoms with van der Waals surface area (Å²) in [5.74, 6) is -0.995. The highest BCUT2D eigenvalue weighted by molar-refractivity contribution is 6.05. The molecular weight excluding hydrogens is 270 g/mol. The van der Waals surface area contributed by atoms with Crippen molar-refractivity contribution in [1.29, 1.82) is 0 Å². The number of aliphatic carboxylic acids is 1. The van der Waals surface area contributed by atoms with Gasteiger partial charge in [-0.05, 0) is 31.6 Å². The summed E-state index contributed by atoms with van der Waals surface area (Å²) < 4.78 is 0. The first kappa shape index (κ1) is 14.5. The number of likely N-dealkylation sites (tertiary alicyclic amines) is 1. The van der Waals surface area contributed by atoms with Crippen LogP contribution in [0, 0.1) is 23.2 Å². The van der Waals surface area contributed by atoms with Gasteiger partial charge in [-0.3, -0.25) is 19.3 Å². The molecule has 0 bridgehead atoms. The number of amides is 2. The number of imide groups is 1. The third-order valence-electron chi connectivity index (χ3n) is 5.88. The molecule has 1 aliphatic heterocycles. The lowest BCUT2D eigenvalue weighted by molar-refractivity contribution is -0.153. The highest BCUT2D eigenvalue weighted by atomic mass is 16.4. The summed E-state index contributed by atoms with van der Waals surface area (Å²) >= 11 is 0. The Kier molecular flexibility index (Phi) is 3.54. The average molecular weight is 293 g/mol. The predicted molar refractivity (Wildman–Crippen MR) is 75.3 cm³/mol. The summed E-state index contributed by atoms with van der Waals surface area (Å²) in [6.07, 6.45) is 5.48. The minimum absolute atomic E-state index is 0.0871. The van der Waals surface area contributed by atoms with Gasteiger partial charge in [-0.1, -0.05) is 26.2 Å². The predicted octanol–water partition coefficient (Wildman–Crippen LogP) is 2.05. The topological polar surface area (TPSA) is 74.7 Å². The van der Waals surface area contributed by atoms with Crippen LogP contribution in [0.25, 0.3) is 0 Å². The number of carboxylic acids is 1. The molecule has 3 rings (SSSR count). The number of nitrogens with zero attached hydrogens (tertiary/aromatic N) is 1. The number of hydrogen-bond acceptors (Lipinski definition) is 3. The normalized spacial score (nSPS) is 34.5. The van der Waals surface area contributed by atoms with E-state index in [9.17, 15) is 19.5 Å². The van der Waals surface area contributed by atoms with Gasteiger partial charge in [0.2, 0.25) is 11.8 Å². The number of carbonyl (C=O) groups is 3. The van der Waals surface area contributed by atoms with Crippen LogP contribution in [0.5, 0.6) is 0 Å². The molecule has 5 nitrogen and oxygen atoms in total. The molecule has 1 saturated heterocycles. The van der Waals surface area contributed by atoms with E-state index in [1.54, 1.807) is 0 Å². The second-order valence-corrected chi connectivity index (χ2v) is 7.01. The van der Waals surface area contributed by atoms with Gasteiger partial charge >= 0.3 is 5.97 Å². The molecule has 3 aliphatic rings. The zero-order valence-electron chi connectivity index (χ0n) is 12.5. The summed E-state index contributed by atoms with van der Waals surface area (Å²) in [5.41, 5.74) is -0.895. The van der Waals surface area contributed by atoms with Crippen molar-refractivity contribution in [1.82, 2.24) is 4.90 Å². The van der Waals surface area contributed by atoms with Gasteiger partial charge in [-0.25, -0.2) is 0 Å². The Morgan fingerprint density at radius 3 is 2.14 bits per heavy atom. The van der Waals surface area contributed by atoms with Crippen LogP contribution >= 0.6 is 0 Å². The van der Waals surface area contributed by atoms with Crippen molar-refractivity contribution in [3.05, 3.63) is 0 Å². The number of carboxylic acid groups (broad SMARTS) is 1. The summed E-state index contributed by atoms with van der Waals surface area (Å²) in [4.78, 5) is 37.9. The smallest absolute Gasteiger partial charge is 0.311 e. The largest absolute Gasteiger partial charge is 0.481 e. The van der Waals surface area contributed by atoms with Crippen LogP contribution in [0.4, 0.5) is 0 Å². The molecule has 0 aromatic rings. The van der Waals surface area contributed by atoms with E-state index in [-0.39, 0.29) is 30.2 Å². The first-order valence-electron chi connectivity index (χ1n) is 8.07. The minimum Gasteiger partial charge on any atom is -0.481 e. The molecule has 2 unspecified atom stereocenters. The Morgan fingerprint density at radius 2 is 1.71 bits per heavy atom. The number of rotatable bonds is 4. The molecule has 0 aromatic heterocycles. The maximum Gasteiger partial charge on any atom is 0.311 e. The van der Waals surface area contributed by atoms with Gasteiger partial charge in [0, 0.05) is 6.54 Å². The molecule has 0 radical (unpaired) electrons. The van der Waals surface area contributed by atoms with Gasteiger partial charge in [0.1, 0.15) is 0 Å². The summed E-state index contributed by atoms with van der Waals surface area (Å²) in [5, 5.41) is 9.53. The first-order chi connectivity index (χ1) is 9.98. The van der Waals surface area contributed by atoms with E-state index >= 15 is 0 Å². The maximum atomic E-state index is 12.5. The van der Waals surface area contributed by atoms with Crippen molar-refractivity contribution in [2.75, 3.05) is 6.54 Å². The van der Waals surface area contributed by atoms with Crippen molar-refractivity contribution in [3.63, 3.8) is 0 Å². The molecule has 1 N–H and O–H groups in total. The highest BCUT2D eigenvalue weighted by Crippen LogP contribution is 2.47. The van der Waals surface area contributed by atoms with E-state index in [0.29, 0.717) is 18.8 Å². The van der Waals surface area contributed by atoms with Gasteiger partial charge in [-0.2, -0.15) is 0 Å². The third kappa shape index (κ3) is 2.17. The quantitative estimate of drug-likeness (QED) is 0.805. The fourth-order valence-electron chi connectivity index (χ4n) is 4.48. The molecule has 1 heterocycles. The monoisotopic (exact) mass is 293 g/mol. The van der Waals surface area contributed by atoms with Gasteiger partial charge in [-0.15, -0.1) is 0 Å². The van der Waals surface area contributed by atoms with Gasteiger partial charge in [0.05, 0.1) is 17.3 Å². The standard InChI is InChI=1S/C16H23NO4/c1-2-10-7-11-12(8-10)14(19)17(13(11)18)9-16(15(20)21)5-3-4-6-16/h10-12H,2-9H2,1H3,(H,20,21). The fourth-order valence-corrected chi connectivity index (χ4v) is 4.48.